The lowest BCUT2D eigenvalue weighted by atomic mass is 10.2. The maximum atomic E-state index is 13.0. The number of nitrogens with one attached hydrogen (secondary N) is 1. The highest BCUT2D eigenvalue weighted by Crippen LogP contribution is 2.29. The molecule has 3 rings (SSSR count). The highest BCUT2D eigenvalue weighted by molar-refractivity contribution is 5.63. The van der Waals surface area contributed by atoms with Crippen molar-refractivity contribution in [1.29, 1.82) is 0 Å². The second-order valence-corrected chi connectivity index (χ2v) is 6.51. The molecule has 0 radical (unpaired) electrons. The molecule has 0 aliphatic carbocycles. The number of allylic oxidation sites excluding steroid dienone is 1. The van der Waals surface area contributed by atoms with E-state index in [9.17, 15) is 27.5 Å². The fourth-order valence-corrected chi connectivity index (χ4v) is 2.93. The predicted octanol–water partition coefficient (Wildman–Crippen LogP) is 2.74. The van der Waals surface area contributed by atoms with E-state index in [0.29, 0.717) is 0 Å². The van der Waals surface area contributed by atoms with Gasteiger partial charge >= 0.3 is 6.18 Å². The minimum atomic E-state index is -4.59. The lowest BCUT2D eigenvalue weighted by molar-refractivity contribution is -0.113. The van der Waals surface area contributed by atoms with Crippen LogP contribution in [0, 0.1) is 5.82 Å². The summed E-state index contributed by atoms with van der Waals surface area (Å²) in [6, 6.07) is 5.66. The third kappa shape index (κ3) is 4.25. The van der Waals surface area contributed by atoms with Gasteiger partial charge in [0.25, 0.3) is 5.56 Å². The number of aromatic hydroxyl groups is 1. The van der Waals surface area contributed by atoms with E-state index >= 15 is 0 Å². The van der Waals surface area contributed by atoms with Gasteiger partial charge < -0.3 is 15.3 Å². The van der Waals surface area contributed by atoms with Crippen LogP contribution >= 0.6 is 0 Å². The molecule has 0 bridgehead atoms. The third-order valence-corrected chi connectivity index (χ3v) is 4.56. The first kappa shape index (κ1) is 20.4. The Balaban J connectivity index is 1.83. The summed E-state index contributed by atoms with van der Waals surface area (Å²) >= 11 is 0. The van der Waals surface area contributed by atoms with E-state index in [-0.39, 0.29) is 49.2 Å². The van der Waals surface area contributed by atoms with Gasteiger partial charge in [0.2, 0.25) is 5.75 Å². The minimum Gasteiger partial charge on any atom is -0.501 e. The van der Waals surface area contributed by atoms with E-state index in [1.54, 1.807) is 12.1 Å². The summed E-state index contributed by atoms with van der Waals surface area (Å²) in [4.78, 5) is 17.6. The lowest BCUT2D eigenvalue weighted by Gasteiger charge is -2.33. The zero-order valence-electron chi connectivity index (χ0n) is 15.3. The summed E-state index contributed by atoms with van der Waals surface area (Å²) in [5.41, 5.74) is -1.11. The molecule has 1 aromatic heterocycles. The van der Waals surface area contributed by atoms with Crippen molar-refractivity contribution in [2.24, 2.45) is 0 Å². The fraction of sp³-hybridized carbons (Fsp3) is 0.263. The highest BCUT2D eigenvalue weighted by atomic mass is 19.4. The summed E-state index contributed by atoms with van der Waals surface area (Å²) in [6.07, 6.45) is -4.59. The second kappa shape index (κ2) is 7.61. The molecule has 6 nitrogen and oxygen atoms in total. The molecule has 2 aromatic rings. The zero-order chi connectivity index (χ0) is 21.3. The zero-order valence-corrected chi connectivity index (χ0v) is 15.3. The highest BCUT2D eigenvalue weighted by Gasteiger charge is 2.37. The van der Waals surface area contributed by atoms with Gasteiger partial charge in [-0.1, -0.05) is 25.3 Å². The van der Waals surface area contributed by atoms with Gasteiger partial charge in [-0.15, -0.1) is 0 Å². The molecule has 1 aliphatic heterocycles. The summed E-state index contributed by atoms with van der Waals surface area (Å²) in [7, 11) is 0. The average molecular weight is 410 g/mol. The number of benzene rings is 1. The first-order chi connectivity index (χ1) is 13.6. The summed E-state index contributed by atoms with van der Waals surface area (Å²) in [5, 5.41) is 13.1. The Labute approximate surface area is 163 Å². The maximum absolute atomic E-state index is 13.0. The Morgan fingerprint density at radius 2 is 1.86 bits per heavy atom. The molecule has 0 amide bonds. The van der Waals surface area contributed by atoms with E-state index in [4.69, 9.17) is 0 Å². The van der Waals surface area contributed by atoms with Gasteiger partial charge in [0, 0.05) is 19.6 Å². The van der Waals surface area contributed by atoms with Crippen LogP contribution in [0.4, 0.5) is 17.6 Å². The standard InChI is InChI=1S/C19H18F4N4O2/c1-11(24-9-13-3-5-14(20)6-4-13)16-17(28)18(29)27-8-7-26(10-15(27)25-16)12(2)19(21,22)23/h3-6,24,28H,1-2,7-10H2. The van der Waals surface area contributed by atoms with E-state index in [2.05, 4.69) is 23.5 Å². The molecule has 154 valence electrons. The number of aromatic nitrogens is 2. The lowest BCUT2D eigenvalue weighted by Crippen LogP contribution is -2.42. The average Bonchev–Trinajstić information content (AvgIpc) is 2.68. The molecular weight excluding hydrogens is 392 g/mol. The van der Waals surface area contributed by atoms with Crippen molar-refractivity contribution in [3.63, 3.8) is 0 Å². The van der Waals surface area contributed by atoms with Gasteiger partial charge in [-0.3, -0.25) is 9.36 Å². The van der Waals surface area contributed by atoms with E-state index < -0.39 is 23.2 Å². The van der Waals surface area contributed by atoms with Crippen molar-refractivity contribution < 1.29 is 22.7 Å². The van der Waals surface area contributed by atoms with Crippen LogP contribution in [0.3, 0.4) is 0 Å². The summed E-state index contributed by atoms with van der Waals surface area (Å²) in [6.45, 7) is 6.58. The number of halogens is 4. The van der Waals surface area contributed by atoms with Crippen LogP contribution in [0.25, 0.3) is 5.70 Å². The van der Waals surface area contributed by atoms with Gasteiger partial charge in [0.15, 0.2) is 0 Å². The first-order valence-electron chi connectivity index (χ1n) is 8.59. The molecule has 0 saturated carbocycles. The molecule has 29 heavy (non-hydrogen) atoms. The molecule has 2 heterocycles. The monoisotopic (exact) mass is 410 g/mol. The normalized spacial score (nSPS) is 13.7. The third-order valence-electron chi connectivity index (χ3n) is 4.56. The van der Waals surface area contributed by atoms with Gasteiger partial charge in [-0.05, 0) is 17.7 Å². The van der Waals surface area contributed by atoms with Crippen LogP contribution in [0.2, 0.25) is 0 Å². The van der Waals surface area contributed by atoms with Crippen molar-refractivity contribution >= 4 is 5.70 Å². The quantitative estimate of drug-likeness (QED) is 0.742. The molecule has 0 atom stereocenters. The van der Waals surface area contributed by atoms with Gasteiger partial charge in [-0.2, -0.15) is 13.2 Å². The van der Waals surface area contributed by atoms with E-state index in [1.165, 1.54) is 12.1 Å². The number of alkyl halides is 3. The number of fused-ring (bicyclic) bond motifs is 1. The molecule has 0 spiro atoms. The van der Waals surface area contributed by atoms with Crippen molar-refractivity contribution in [1.82, 2.24) is 19.8 Å². The Bertz CT molecular complexity index is 1010. The summed E-state index contributed by atoms with van der Waals surface area (Å²) < 4.78 is 52.9. The Morgan fingerprint density at radius 1 is 1.21 bits per heavy atom. The van der Waals surface area contributed by atoms with Crippen LogP contribution in [0.15, 0.2) is 47.9 Å². The number of nitrogens with zero attached hydrogens (tertiary/aromatic N) is 3. The van der Waals surface area contributed by atoms with Crippen molar-refractivity contribution in [2.45, 2.75) is 25.8 Å². The molecule has 1 aromatic carbocycles. The largest absolute Gasteiger partial charge is 0.501 e. The number of hydrogen-bond donors (Lipinski definition) is 2. The second-order valence-electron chi connectivity index (χ2n) is 6.51. The first-order valence-corrected chi connectivity index (χ1v) is 8.59. The van der Waals surface area contributed by atoms with Gasteiger partial charge in [-0.25, -0.2) is 9.37 Å². The van der Waals surface area contributed by atoms with Crippen LogP contribution in [-0.4, -0.2) is 32.3 Å². The van der Waals surface area contributed by atoms with Crippen LogP contribution < -0.4 is 10.9 Å². The minimum absolute atomic E-state index is 0.0594. The SMILES string of the molecule is C=C(NCc1ccc(F)cc1)c1nc2n(c(=O)c1O)CCN(C(=C)C(F)(F)F)C2. The van der Waals surface area contributed by atoms with Crippen molar-refractivity contribution in [3.8, 4) is 5.75 Å². The number of hydrogen-bond acceptors (Lipinski definition) is 5. The Hall–Kier alpha value is -3.30. The van der Waals surface area contributed by atoms with Crippen molar-refractivity contribution in [3.05, 3.63) is 76.4 Å². The van der Waals surface area contributed by atoms with Crippen LogP contribution in [0.5, 0.6) is 5.75 Å². The smallest absolute Gasteiger partial charge is 0.430 e. The molecule has 0 fully saturated rings. The Kier molecular flexibility index (Phi) is 5.36. The molecule has 10 heteroatoms. The fourth-order valence-electron chi connectivity index (χ4n) is 2.93. The molecule has 1 aliphatic rings. The van der Waals surface area contributed by atoms with Gasteiger partial charge in [0.05, 0.1) is 12.2 Å². The predicted molar refractivity (Wildman–Crippen MR) is 98.0 cm³/mol. The summed E-state index contributed by atoms with van der Waals surface area (Å²) in [5.74, 6) is -0.975. The molecule has 0 unspecified atom stereocenters. The molecular formula is C19H18F4N4O2. The molecule has 2 N–H and O–H groups in total. The van der Waals surface area contributed by atoms with E-state index in [0.717, 1.165) is 15.0 Å². The van der Waals surface area contributed by atoms with Crippen molar-refractivity contribution in [2.75, 3.05) is 6.54 Å². The topological polar surface area (TPSA) is 70.4 Å². The molecule has 0 saturated heterocycles. The van der Waals surface area contributed by atoms with Crippen LogP contribution in [-0.2, 0) is 19.6 Å². The Morgan fingerprint density at radius 3 is 2.48 bits per heavy atom. The van der Waals surface area contributed by atoms with Crippen LogP contribution in [0.1, 0.15) is 17.1 Å². The van der Waals surface area contributed by atoms with Gasteiger partial charge in [0.1, 0.15) is 23.0 Å². The maximum Gasteiger partial charge on any atom is 0.430 e. The number of rotatable bonds is 5. The van der Waals surface area contributed by atoms with E-state index in [1.807, 2.05) is 0 Å².